The zero-order valence-corrected chi connectivity index (χ0v) is 18.5. The Morgan fingerprint density at radius 2 is 1.84 bits per heavy atom. The van der Waals surface area contributed by atoms with Gasteiger partial charge in [-0.05, 0) is 51.4 Å². The molecule has 4 saturated carbocycles. The third-order valence-corrected chi connectivity index (χ3v) is 7.89. The van der Waals surface area contributed by atoms with E-state index in [2.05, 4.69) is 14.9 Å². The summed E-state index contributed by atoms with van der Waals surface area (Å²) < 4.78 is 12.3. The SMILES string of the molecule is [N-]=[N+]=C(C=O)C12CCC(OCc3c(-c4c(Cl)cncc4Cl)noc3C3CC3)(CC1)CC2. The van der Waals surface area contributed by atoms with Gasteiger partial charge in [0, 0.05) is 29.4 Å². The van der Waals surface area contributed by atoms with Crippen LogP contribution in [0.3, 0.4) is 0 Å². The molecule has 31 heavy (non-hydrogen) atoms. The van der Waals surface area contributed by atoms with Crippen LogP contribution < -0.4 is 0 Å². The smallest absolute Gasteiger partial charge is 0.337 e. The Hall–Kier alpha value is -2.05. The van der Waals surface area contributed by atoms with E-state index in [4.69, 9.17) is 32.5 Å². The Morgan fingerprint density at radius 1 is 1.19 bits per heavy atom. The van der Waals surface area contributed by atoms with E-state index in [1.54, 1.807) is 12.4 Å². The number of rotatable bonds is 7. The lowest BCUT2D eigenvalue weighted by Gasteiger charge is -2.50. The number of ether oxygens (including phenoxy) is 1. The van der Waals surface area contributed by atoms with Crippen LogP contribution in [-0.4, -0.2) is 32.5 Å². The standard InChI is InChI=1S/C22H22Cl2N4O3/c23-15-9-26-10-16(24)18(15)19-14(20(31-28-19)13-1-2-13)12-30-22-6-3-21(4-7-22,5-8-22)17(11-29)27-25/h9-11,13H,1-8,12H2. The van der Waals surface area contributed by atoms with Crippen LogP contribution >= 0.6 is 23.2 Å². The third kappa shape index (κ3) is 3.54. The molecule has 0 amide bonds. The highest BCUT2D eigenvalue weighted by Gasteiger charge is 2.55. The fourth-order valence-electron chi connectivity index (χ4n) is 5.19. The first-order valence-corrected chi connectivity index (χ1v) is 11.4. The molecule has 4 aliphatic carbocycles. The molecule has 162 valence electrons. The molecule has 0 spiro atoms. The average Bonchev–Trinajstić information content (AvgIpc) is 3.55. The lowest BCUT2D eigenvalue weighted by molar-refractivity contribution is -0.140. The van der Waals surface area contributed by atoms with Crippen LogP contribution in [0.1, 0.15) is 68.6 Å². The van der Waals surface area contributed by atoms with Gasteiger partial charge in [0.2, 0.25) is 6.29 Å². The largest absolute Gasteiger partial charge is 0.370 e. The first-order chi connectivity index (χ1) is 15.0. The Kier molecular flexibility index (Phi) is 5.25. The summed E-state index contributed by atoms with van der Waals surface area (Å²) in [7, 11) is 0. The second-order valence-electron chi connectivity index (χ2n) is 8.98. The number of hydrogen-bond donors (Lipinski definition) is 0. The molecule has 2 aromatic heterocycles. The van der Waals surface area contributed by atoms with Crippen molar-refractivity contribution >= 4 is 35.2 Å². The van der Waals surface area contributed by atoms with Gasteiger partial charge in [0.15, 0.2) is 0 Å². The molecule has 0 N–H and O–H groups in total. The number of aromatic nitrogens is 2. The molecule has 2 heterocycles. The summed E-state index contributed by atoms with van der Waals surface area (Å²) in [4.78, 5) is 18.6. The predicted octanol–water partition coefficient (Wildman–Crippen LogP) is 5.40. The molecule has 6 rings (SSSR count). The fourth-order valence-corrected chi connectivity index (χ4v) is 5.74. The first kappa shape index (κ1) is 20.8. The van der Waals surface area contributed by atoms with Crippen molar-refractivity contribution in [3.05, 3.63) is 39.3 Å². The Bertz CT molecular complexity index is 1040. The van der Waals surface area contributed by atoms with Gasteiger partial charge in [0.25, 0.3) is 0 Å². The van der Waals surface area contributed by atoms with Crippen LogP contribution in [0.4, 0.5) is 0 Å². The molecular formula is C22H22Cl2N4O3. The maximum Gasteiger partial charge on any atom is 0.337 e. The summed E-state index contributed by atoms with van der Waals surface area (Å²) >= 11 is 12.8. The van der Waals surface area contributed by atoms with Crippen molar-refractivity contribution in [3.63, 3.8) is 0 Å². The lowest BCUT2D eigenvalue weighted by Crippen LogP contribution is -2.51. The van der Waals surface area contributed by atoms with Gasteiger partial charge in [0.1, 0.15) is 11.5 Å². The van der Waals surface area contributed by atoms with Crippen LogP contribution in [0, 0.1) is 5.41 Å². The van der Waals surface area contributed by atoms with Gasteiger partial charge >= 0.3 is 5.71 Å². The van der Waals surface area contributed by atoms with Crippen molar-refractivity contribution in [2.75, 3.05) is 0 Å². The maximum atomic E-state index is 11.3. The van der Waals surface area contributed by atoms with Crippen molar-refractivity contribution in [2.45, 2.75) is 69.5 Å². The summed E-state index contributed by atoms with van der Waals surface area (Å²) in [5, 5.41) is 5.16. The Morgan fingerprint density at radius 3 is 2.39 bits per heavy atom. The van der Waals surface area contributed by atoms with E-state index in [9.17, 15) is 10.3 Å². The highest BCUT2D eigenvalue weighted by atomic mass is 35.5. The van der Waals surface area contributed by atoms with Crippen molar-refractivity contribution in [1.82, 2.24) is 10.1 Å². The van der Waals surface area contributed by atoms with E-state index in [-0.39, 0.29) is 16.7 Å². The van der Waals surface area contributed by atoms with E-state index in [1.165, 1.54) is 0 Å². The van der Waals surface area contributed by atoms with Crippen LogP contribution in [0.2, 0.25) is 10.0 Å². The molecule has 2 aromatic rings. The molecule has 0 radical (unpaired) electrons. The predicted molar refractivity (Wildman–Crippen MR) is 114 cm³/mol. The zero-order valence-electron chi connectivity index (χ0n) is 16.9. The van der Waals surface area contributed by atoms with Gasteiger partial charge in [-0.25, -0.2) is 0 Å². The molecule has 7 nitrogen and oxygen atoms in total. The van der Waals surface area contributed by atoms with Gasteiger partial charge < -0.3 is 14.8 Å². The minimum Gasteiger partial charge on any atom is -0.370 e. The van der Waals surface area contributed by atoms with E-state index < -0.39 is 0 Å². The van der Waals surface area contributed by atoms with E-state index in [1.807, 2.05) is 0 Å². The highest BCUT2D eigenvalue weighted by Crippen LogP contribution is 2.55. The molecule has 0 saturated heterocycles. The van der Waals surface area contributed by atoms with Crippen molar-refractivity contribution in [2.24, 2.45) is 5.41 Å². The van der Waals surface area contributed by atoms with Crippen LogP contribution in [0.25, 0.3) is 16.8 Å². The summed E-state index contributed by atoms with van der Waals surface area (Å²) in [5.41, 5.74) is 11.1. The molecule has 4 aliphatic rings. The monoisotopic (exact) mass is 460 g/mol. The number of halogens is 2. The summed E-state index contributed by atoms with van der Waals surface area (Å²) in [6.45, 7) is 0.362. The van der Waals surface area contributed by atoms with Crippen molar-refractivity contribution < 1.29 is 18.8 Å². The summed E-state index contributed by atoms with van der Waals surface area (Å²) in [5.74, 6) is 1.21. The zero-order chi connectivity index (χ0) is 21.6. The van der Waals surface area contributed by atoms with E-state index in [0.717, 1.165) is 62.7 Å². The van der Waals surface area contributed by atoms with Crippen molar-refractivity contribution in [1.29, 1.82) is 0 Å². The molecule has 4 fully saturated rings. The molecule has 9 heteroatoms. The number of nitrogens with zero attached hydrogens (tertiary/aromatic N) is 4. The number of carbonyl (C=O) groups excluding carboxylic acids is 1. The molecule has 0 aliphatic heterocycles. The van der Waals surface area contributed by atoms with Gasteiger partial charge in [-0.1, -0.05) is 28.4 Å². The first-order valence-electron chi connectivity index (χ1n) is 10.6. The van der Waals surface area contributed by atoms with Gasteiger partial charge in [-0.15, -0.1) is 0 Å². The summed E-state index contributed by atoms with van der Waals surface area (Å²) in [6.07, 6.45) is 10.7. The minimum atomic E-state index is -0.318. The Balaban J connectivity index is 1.40. The number of aldehydes is 1. The minimum absolute atomic E-state index is 0.258. The third-order valence-electron chi connectivity index (χ3n) is 7.32. The number of hydrogen-bond acceptors (Lipinski definition) is 5. The fraction of sp³-hybridized carbons (Fsp3) is 0.545. The number of fused-ring (bicyclic) bond motifs is 3. The van der Waals surface area contributed by atoms with Gasteiger partial charge in [0.05, 0.1) is 27.7 Å². The van der Waals surface area contributed by atoms with Crippen LogP contribution in [0.15, 0.2) is 16.9 Å². The van der Waals surface area contributed by atoms with Crippen molar-refractivity contribution in [3.8, 4) is 11.3 Å². The quantitative estimate of drug-likeness (QED) is 0.238. The second kappa shape index (κ2) is 7.82. The molecule has 0 unspecified atom stereocenters. The highest BCUT2D eigenvalue weighted by molar-refractivity contribution is 6.38. The molecule has 2 bridgehead atoms. The van der Waals surface area contributed by atoms with Gasteiger partial charge in [-0.2, -0.15) is 4.79 Å². The lowest BCUT2D eigenvalue weighted by atomic mass is 9.57. The number of pyridine rings is 1. The molecular weight excluding hydrogens is 439 g/mol. The summed E-state index contributed by atoms with van der Waals surface area (Å²) in [6, 6.07) is 0. The second-order valence-corrected chi connectivity index (χ2v) is 9.80. The van der Waals surface area contributed by atoms with Crippen LogP contribution in [-0.2, 0) is 16.1 Å². The van der Waals surface area contributed by atoms with E-state index >= 15 is 0 Å². The van der Waals surface area contributed by atoms with Crippen LogP contribution in [0.5, 0.6) is 0 Å². The van der Waals surface area contributed by atoms with Gasteiger partial charge in [-0.3, -0.25) is 9.78 Å². The molecule has 0 aromatic carbocycles. The Labute approximate surface area is 189 Å². The van der Waals surface area contributed by atoms with E-state index in [0.29, 0.717) is 40.1 Å². The average molecular weight is 461 g/mol. The molecule has 0 atom stereocenters. The topological polar surface area (TPSA) is 102 Å². The normalized spacial score (nSPS) is 27.2. The maximum absolute atomic E-state index is 11.3. The number of carbonyl (C=O) groups is 1.